The number of aromatic nitrogens is 1. The smallest absolute Gasteiger partial charge is 0.152 e. The number of hydrogen-bond donors (Lipinski definition) is 1. The molecular formula is C12H15N3S. The van der Waals surface area contributed by atoms with Crippen LogP contribution in [0.2, 0.25) is 0 Å². The molecule has 2 aromatic heterocycles. The predicted octanol–water partition coefficient (Wildman–Crippen LogP) is 2.67. The second-order valence-electron chi connectivity index (χ2n) is 3.85. The second kappa shape index (κ2) is 4.53. The number of pyridine rings is 1. The fraction of sp³-hybridized carbons (Fsp3) is 0.250. The minimum atomic E-state index is 0.725. The van der Waals surface area contributed by atoms with Crippen molar-refractivity contribution >= 4 is 22.8 Å². The molecular weight excluding hydrogens is 218 g/mol. The van der Waals surface area contributed by atoms with E-state index < -0.39 is 0 Å². The largest absolute Gasteiger partial charge is 0.396 e. The molecule has 0 aliphatic rings. The van der Waals surface area contributed by atoms with E-state index in [1.165, 1.54) is 5.56 Å². The Hall–Kier alpha value is -1.55. The van der Waals surface area contributed by atoms with E-state index in [4.69, 9.17) is 5.73 Å². The summed E-state index contributed by atoms with van der Waals surface area (Å²) in [6, 6.07) is 5.95. The molecule has 2 N–H and O–H groups in total. The summed E-state index contributed by atoms with van der Waals surface area (Å²) in [4.78, 5) is 6.53. The van der Waals surface area contributed by atoms with Crippen molar-refractivity contribution in [2.45, 2.75) is 13.5 Å². The number of anilines is 2. The molecule has 0 aromatic carbocycles. The van der Waals surface area contributed by atoms with Gasteiger partial charge in [0.25, 0.3) is 0 Å². The van der Waals surface area contributed by atoms with Crippen LogP contribution in [0.3, 0.4) is 0 Å². The molecule has 0 aliphatic carbocycles. The molecule has 16 heavy (non-hydrogen) atoms. The first-order valence-corrected chi connectivity index (χ1v) is 6.06. The second-order valence-corrected chi connectivity index (χ2v) is 4.63. The Kier molecular flexibility index (Phi) is 3.10. The molecule has 0 saturated carbocycles. The van der Waals surface area contributed by atoms with E-state index in [9.17, 15) is 0 Å². The minimum absolute atomic E-state index is 0.725. The molecule has 0 unspecified atom stereocenters. The summed E-state index contributed by atoms with van der Waals surface area (Å²) in [6.07, 6.45) is 0. The Morgan fingerprint density at radius 2 is 2.19 bits per heavy atom. The van der Waals surface area contributed by atoms with Gasteiger partial charge in [0.15, 0.2) is 5.82 Å². The monoisotopic (exact) mass is 233 g/mol. The summed E-state index contributed by atoms with van der Waals surface area (Å²) in [6.45, 7) is 2.81. The SMILES string of the molecule is Cc1ccc(N)c(N(C)Cc2ccsc2)n1. The Bertz CT molecular complexity index is 465. The topological polar surface area (TPSA) is 42.1 Å². The van der Waals surface area contributed by atoms with Crippen LogP contribution in [0.25, 0.3) is 0 Å². The molecule has 0 atom stereocenters. The zero-order chi connectivity index (χ0) is 11.5. The molecule has 4 heteroatoms. The molecule has 0 bridgehead atoms. The minimum Gasteiger partial charge on any atom is -0.396 e. The Balaban J connectivity index is 2.20. The number of nitrogens with two attached hydrogens (primary N) is 1. The molecule has 0 fully saturated rings. The first kappa shape index (κ1) is 11.0. The maximum atomic E-state index is 5.92. The molecule has 2 rings (SSSR count). The molecule has 3 nitrogen and oxygen atoms in total. The van der Waals surface area contributed by atoms with Crippen molar-refractivity contribution < 1.29 is 0 Å². The fourth-order valence-corrected chi connectivity index (χ4v) is 2.25. The van der Waals surface area contributed by atoms with Crippen molar-refractivity contribution in [3.05, 3.63) is 40.2 Å². The predicted molar refractivity (Wildman–Crippen MR) is 69.8 cm³/mol. The van der Waals surface area contributed by atoms with Crippen LogP contribution in [0.4, 0.5) is 11.5 Å². The average Bonchev–Trinajstić information content (AvgIpc) is 2.74. The highest BCUT2D eigenvalue weighted by molar-refractivity contribution is 7.07. The summed E-state index contributed by atoms with van der Waals surface area (Å²) in [5.41, 5.74) is 8.92. The number of nitrogen functional groups attached to an aromatic ring is 1. The van der Waals surface area contributed by atoms with Gasteiger partial charge in [0.1, 0.15) is 0 Å². The average molecular weight is 233 g/mol. The van der Waals surface area contributed by atoms with Gasteiger partial charge in [0, 0.05) is 19.3 Å². The maximum absolute atomic E-state index is 5.92. The lowest BCUT2D eigenvalue weighted by molar-refractivity contribution is 0.898. The van der Waals surface area contributed by atoms with Crippen molar-refractivity contribution in [2.75, 3.05) is 17.7 Å². The van der Waals surface area contributed by atoms with Gasteiger partial charge in [-0.25, -0.2) is 4.98 Å². The quantitative estimate of drug-likeness (QED) is 0.886. The van der Waals surface area contributed by atoms with Gasteiger partial charge in [-0.15, -0.1) is 0 Å². The lowest BCUT2D eigenvalue weighted by Crippen LogP contribution is -2.19. The van der Waals surface area contributed by atoms with Crippen molar-refractivity contribution in [3.8, 4) is 0 Å². The standard InChI is InChI=1S/C12H15N3S/c1-9-3-4-11(13)12(14-9)15(2)7-10-5-6-16-8-10/h3-6,8H,7,13H2,1-2H3. The third-order valence-electron chi connectivity index (χ3n) is 2.41. The third-order valence-corrected chi connectivity index (χ3v) is 3.14. The molecule has 0 radical (unpaired) electrons. The van der Waals surface area contributed by atoms with Crippen LogP contribution < -0.4 is 10.6 Å². The van der Waals surface area contributed by atoms with E-state index >= 15 is 0 Å². The van der Waals surface area contributed by atoms with E-state index in [1.807, 2.05) is 26.1 Å². The van der Waals surface area contributed by atoms with E-state index in [-0.39, 0.29) is 0 Å². The Morgan fingerprint density at radius 1 is 1.38 bits per heavy atom. The van der Waals surface area contributed by atoms with Gasteiger partial charge in [0.2, 0.25) is 0 Å². The summed E-state index contributed by atoms with van der Waals surface area (Å²) in [7, 11) is 2.01. The van der Waals surface area contributed by atoms with E-state index in [0.29, 0.717) is 0 Å². The van der Waals surface area contributed by atoms with Crippen LogP contribution in [0.1, 0.15) is 11.3 Å². The number of thiophene rings is 1. The zero-order valence-corrected chi connectivity index (χ0v) is 10.3. The van der Waals surface area contributed by atoms with E-state index in [1.54, 1.807) is 11.3 Å². The van der Waals surface area contributed by atoms with Crippen LogP contribution in [-0.4, -0.2) is 12.0 Å². The lowest BCUT2D eigenvalue weighted by atomic mass is 10.3. The highest BCUT2D eigenvalue weighted by atomic mass is 32.1. The molecule has 2 heterocycles. The normalized spacial score (nSPS) is 10.4. The van der Waals surface area contributed by atoms with Gasteiger partial charge < -0.3 is 10.6 Å². The van der Waals surface area contributed by atoms with Crippen LogP contribution in [0.15, 0.2) is 29.0 Å². The number of aryl methyl sites for hydroxylation is 1. The van der Waals surface area contributed by atoms with Gasteiger partial charge in [-0.1, -0.05) is 0 Å². The van der Waals surface area contributed by atoms with Crippen molar-refractivity contribution in [1.82, 2.24) is 4.98 Å². The number of hydrogen-bond acceptors (Lipinski definition) is 4. The van der Waals surface area contributed by atoms with E-state index in [0.717, 1.165) is 23.7 Å². The zero-order valence-electron chi connectivity index (χ0n) is 9.47. The van der Waals surface area contributed by atoms with Gasteiger partial charge in [-0.3, -0.25) is 0 Å². The first-order chi connectivity index (χ1) is 7.66. The molecule has 0 amide bonds. The Labute approximate surface area is 99.5 Å². The molecule has 0 saturated heterocycles. The molecule has 84 valence electrons. The molecule has 0 aliphatic heterocycles. The summed E-state index contributed by atoms with van der Waals surface area (Å²) in [5.74, 6) is 0.853. The molecule has 2 aromatic rings. The van der Waals surface area contributed by atoms with Crippen LogP contribution in [0.5, 0.6) is 0 Å². The van der Waals surface area contributed by atoms with E-state index in [2.05, 4.69) is 26.7 Å². The highest BCUT2D eigenvalue weighted by Crippen LogP contribution is 2.21. The maximum Gasteiger partial charge on any atom is 0.152 e. The van der Waals surface area contributed by atoms with Gasteiger partial charge >= 0.3 is 0 Å². The third kappa shape index (κ3) is 2.33. The van der Waals surface area contributed by atoms with Gasteiger partial charge in [-0.2, -0.15) is 11.3 Å². The van der Waals surface area contributed by atoms with Crippen molar-refractivity contribution in [1.29, 1.82) is 0 Å². The number of nitrogens with zero attached hydrogens (tertiary/aromatic N) is 2. The van der Waals surface area contributed by atoms with Crippen LogP contribution in [0, 0.1) is 6.92 Å². The first-order valence-electron chi connectivity index (χ1n) is 5.12. The summed E-state index contributed by atoms with van der Waals surface area (Å²) < 4.78 is 0. The fourth-order valence-electron chi connectivity index (χ4n) is 1.59. The van der Waals surface area contributed by atoms with Crippen LogP contribution in [-0.2, 0) is 6.54 Å². The van der Waals surface area contributed by atoms with Crippen molar-refractivity contribution in [2.24, 2.45) is 0 Å². The van der Waals surface area contributed by atoms with Gasteiger partial charge in [0.05, 0.1) is 5.69 Å². The Morgan fingerprint density at radius 3 is 2.88 bits per heavy atom. The number of rotatable bonds is 3. The summed E-state index contributed by atoms with van der Waals surface area (Å²) >= 11 is 1.71. The van der Waals surface area contributed by atoms with Gasteiger partial charge in [-0.05, 0) is 41.4 Å². The molecule has 0 spiro atoms. The summed E-state index contributed by atoms with van der Waals surface area (Å²) in [5, 5.41) is 4.22. The highest BCUT2D eigenvalue weighted by Gasteiger charge is 2.07. The lowest BCUT2D eigenvalue weighted by Gasteiger charge is -2.19. The van der Waals surface area contributed by atoms with Crippen molar-refractivity contribution in [3.63, 3.8) is 0 Å². The van der Waals surface area contributed by atoms with Crippen LogP contribution >= 0.6 is 11.3 Å².